The molecule has 1 heterocycles. The molecule has 3 aromatic carbocycles. The molecule has 5 nitrogen and oxygen atoms in total. The summed E-state index contributed by atoms with van der Waals surface area (Å²) in [6, 6.07) is 13.9. The van der Waals surface area contributed by atoms with E-state index in [0.29, 0.717) is 34.5 Å². The van der Waals surface area contributed by atoms with Gasteiger partial charge in [0.05, 0.1) is 0 Å². The first kappa shape index (κ1) is 31.0. The number of hydrogen-bond acceptors (Lipinski definition) is 4. The molecule has 1 aliphatic heterocycles. The third-order valence-electron chi connectivity index (χ3n) is 7.13. The van der Waals surface area contributed by atoms with E-state index in [2.05, 4.69) is 37.9 Å². The Hall–Kier alpha value is -3.91. The highest BCUT2D eigenvalue weighted by atomic mass is 35.5. The van der Waals surface area contributed by atoms with Gasteiger partial charge in [-0.3, -0.25) is 5.41 Å². The minimum atomic E-state index is -3.67. The van der Waals surface area contributed by atoms with Crippen molar-refractivity contribution in [3.8, 4) is 16.9 Å². The standard InChI is InChI=1S/C32H32ClN3O2.CHF3/c1-18(37)10-11-19-12-14-22(15-13-19)38-29-26-21(17-24(33)28(29)32(2,3)4)16-23-27(31(35)36-30(23)34)25(26)20-8-6-5-7-9-20;2-1(3)4/h5-9,12,14-17,19H,10-11,13H2,1-4H3,(H3,34,35,36);1H. The number of carbonyl (C=O) groups excluding carboxylic acids is 1. The van der Waals surface area contributed by atoms with Gasteiger partial charge in [0.2, 0.25) is 0 Å². The molecule has 3 N–H and O–H groups in total. The van der Waals surface area contributed by atoms with E-state index in [9.17, 15) is 18.0 Å². The summed E-state index contributed by atoms with van der Waals surface area (Å²) in [6.45, 7) is 4.33. The lowest BCUT2D eigenvalue weighted by Crippen LogP contribution is -2.16. The fraction of sp³-hybridized carbons (Fsp3) is 0.303. The predicted molar refractivity (Wildman–Crippen MR) is 164 cm³/mol. The van der Waals surface area contributed by atoms with Crippen LogP contribution in [-0.4, -0.2) is 24.1 Å². The minimum absolute atomic E-state index is 0.143. The Morgan fingerprint density at radius 1 is 1.17 bits per heavy atom. The molecule has 42 heavy (non-hydrogen) atoms. The molecule has 0 saturated heterocycles. The maximum Gasteiger partial charge on any atom is 0.379 e. The zero-order valence-corrected chi connectivity index (χ0v) is 24.7. The van der Waals surface area contributed by atoms with Gasteiger partial charge in [0.25, 0.3) is 0 Å². The quantitative estimate of drug-likeness (QED) is 0.298. The van der Waals surface area contributed by atoms with Crippen molar-refractivity contribution >= 4 is 39.8 Å². The van der Waals surface area contributed by atoms with E-state index in [1.807, 2.05) is 48.5 Å². The fourth-order valence-corrected chi connectivity index (χ4v) is 5.82. The zero-order valence-electron chi connectivity index (χ0n) is 23.9. The number of aliphatic imine (C=N–C) groups is 1. The molecule has 1 aliphatic carbocycles. The highest BCUT2D eigenvalue weighted by molar-refractivity contribution is 6.34. The van der Waals surface area contributed by atoms with Crippen LogP contribution in [-0.2, 0) is 10.2 Å². The molecule has 2 aliphatic rings. The number of amidine groups is 2. The van der Waals surface area contributed by atoms with Crippen molar-refractivity contribution in [1.82, 2.24) is 0 Å². The molecule has 0 aromatic heterocycles. The number of Topliss-reactive ketones (excluding diaryl/α,β-unsaturated/α-hetero) is 1. The Balaban J connectivity index is 0.000000952. The van der Waals surface area contributed by atoms with Gasteiger partial charge < -0.3 is 15.3 Å². The van der Waals surface area contributed by atoms with Crippen molar-refractivity contribution in [3.63, 3.8) is 0 Å². The first-order valence-electron chi connectivity index (χ1n) is 13.6. The maximum atomic E-state index is 11.4. The molecule has 0 radical (unpaired) electrons. The van der Waals surface area contributed by atoms with E-state index >= 15 is 0 Å². The van der Waals surface area contributed by atoms with Crippen LogP contribution in [0.3, 0.4) is 0 Å². The lowest BCUT2D eigenvalue weighted by Gasteiger charge is -2.28. The largest absolute Gasteiger partial charge is 0.457 e. The summed E-state index contributed by atoms with van der Waals surface area (Å²) in [7, 11) is 0. The monoisotopic (exact) mass is 595 g/mol. The van der Waals surface area contributed by atoms with Gasteiger partial charge in [-0.1, -0.05) is 68.8 Å². The molecule has 0 saturated carbocycles. The van der Waals surface area contributed by atoms with Crippen LogP contribution in [0.25, 0.3) is 21.9 Å². The lowest BCUT2D eigenvalue weighted by atomic mass is 9.81. The lowest BCUT2D eigenvalue weighted by molar-refractivity contribution is -0.117. The molecule has 220 valence electrons. The summed E-state index contributed by atoms with van der Waals surface area (Å²) >= 11 is 6.96. The second-order valence-corrected chi connectivity index (χ2v) is 11.8. The molecule has 1 atom stereocenters. The fourth-order valence-electron chi connectivity index (χ4n) is 5.33. The number of allylic oxidation sites excluding steroid dienone is 3. The Bertz CT molecular complexity index is 1620. The SMILES string of the molecule is CC(=O)CCC1C=CC(Oc2c(C(C)(C)C)c(Cl)cc3cc4c(c(-c5ccccc5)c23)C(N)=NC4=N)=CC1.FC(F)F. The van der Waals surface area contributed by atoms with Crippen LogP contribution in [0.15, 0.2) is 71.4 Å². The molecule has 5 rings (SSSR count). The van der Waals surface area contributed by atoms with Gasteiger partial charge in [-0.25, -0.2) is 4.99 Å². The molecule has 1 unspecified atom stereocenters. The second-order valence-electron chi connectivity index (χ2n) is 11.3. The zero-order chi connectivity index (χ0) is 30.8. The summed E-state index contributed by atoms with van der Waals surface area (Å²) in [6.07, 6.45) is 8.43. The van der Waals surface area contributed by atoms with Gasteiger partial charge in [0, 0.05) is 39.1 Å². The van der Waals surface area contributed by atoms with Gasteiger partial charge >= 0.3 is 6.68 Å². The van der Waals surface area contributed by atoms with Gasteiger partial charge in [-0.15, -0.1) is 0 Å². The second kappa shape index (κ2) is 12.5. The molecule has 3 aromatic rings. The van der Waals surface area contributed by atoms with Crippen molar-refractivity contribution in [1.29, 1.82) is 5.41 Å². The average molecular weight is 596 g/mol. The van der Waals surface area contributed by atoms with Gasteiger partial charge in [0.1, 0.15) is 23.1 Å². The van der Waals surface area contributed by atoms with E-state index < -0.39 is 6.68 Å². The Labute approximate surface area is 248 Å². The number of ketones is 1. The summed E-state index contributed by atoms with van der Waals surface area (Å²) in [5, 5.41) is 10.8. The third kappa shape index (κ3) is 6.76. The first-order valence-corrected chi connectivity index (χ1v) is 14.0. The normalized spacial score (nSPS) is 16.1. The van der Waals surface area contributed by atoms with Crippen molar-refractivity contribution in [3.05, 3.63) is 88.2 Å². The van der Waals surface area contributed by atoms with E-state index in [1.165, 1.54) is 0 Å². The minimum Gasteiger partial charge on any atom is -0.457 e. The Morgan fingerprint density at radius 2 is 1.83 bits per heavy atom. The molecule has 9 heteroatoms. The van der Waals surface area contributed by atoms with Crippen molar-refractivity contribution in [2.75, 3.05) is 0 Å². The topological polar surface area (TPSA) is 88.5 Å². The predicted octanol–water partition coefficient (Wildman–Crippen LogP) is 8.89. The van der Waals surface area contributed by atoms with E-state index in [1.54, 1.807) is 6.92 Å². The van der Waals surface area contributed by atoms with Gasteiger partial charge in [-0.2, -0.15) is 13.2 Å². The molecule has 0 fully saturated rings. The van der Waals surface area contributed by atoms with Crippen LogP contribution >= 0.6 is 11.6 Å². The summed E-state index contributed by atoms with van der Waals surface area (Å²) in [5.74, 6) is 2.42. The summed E-state index contributed by atoms with van der Waals surface area (Å²) in [5.41, 5.74) is 10.3. The number of rotatable bonds is 6. The van der Waals surface area contributed by atoms with Crippen LogP contribution < -0.4 is 10.5 Å². The number of ether oxygens (including phenoxy) is 1. The number of halogens is 4. The smallest absolute Gasteiger partial charge is 0.379 e. The van der Waals surface area contributed by atoms with Crippen LogP contribution in [0.1, 0.15) is 63.6 Å². The maximum absolute atomic E-state index is 11.4. The number of carbonyl (C=O) groups is 1. The first-order chi connectivity index (χ1) is 19.8. The van der Waals surface area contributed by atoms with Crippen molar-refractivity contribution in [2.24, 2.45) is 16.6 Å². The molecule has 0 amide bonds. The van der Waals surface area contributed by atoms with Crippen LogP contribution in [0.2, 0.25) is 5.02 Å². The van der Waals surface area contributed by atoms with E-state index in [-0.39, 0.29) is 17.0 Å². The van der Waals surface area contributed by atoms with Crippen LogP contribution in [0.5, 0.6) is 5.75 Å². The van der Waals surface area contributed by atoms with Crippen LogP contribution in [0, 0.1) is 11.3 Å². The molecular weight excluding hydrogens is 563 g/mol. The number of nitrogens with zero attached hydrogens (tertiary/aromatic N) is 1. The summed E-state index contributed by atoms with van der Waals surface area (Å²) in [4.78, 5) is 15.7. The molecule has 0 bridgehead atoms. The average Bonchev–Trinajstić information content (AvgIpc) is 3.18. The van der Waals surface area contributed by atoms with Crippen LogP contribution in [0.4, 0.5) is 13.2 Å². The van der Waals surface area contributed by atoms with E-state index in [4.69, 9.17) is 27.5 Å². The highest BCUT2D eigenvalue weighted by Gasteiger charge is 2.32. The number of benzene rings is 3. The van der Waals surface area contributed by atoms with Gasteiger partial charge in [0.15, 0.2) is 5.84 Å². The number of nitrogens with one attached hydrogen (secondary N) is 1. The molecular formula is C33H33ClF3N3O2. The number of fused-ring (bicyclic) bond motifs is 2. The van der Waals surface area contributed by atoms with Gasteiger partial charge in [-0.05, 0) is 66.3 Å². The number of nitrogens with two attached hydrogens (primary N) is 1. The summed E-state index contributed by atoms with van der Waals surface area (Å²) < 4.78 is 35.8. The van der Waals surface area contributed by atoms with Crippen molar-refractivity contribution < 1.29 is 22.7 Å². The Kier molecular flexibility index (Phi) is 9.26. The highest BCUT2D eigenvalue weighted by Crippen LogP contribution is 2.49. The number of hydrogen-bond donors (Lipinski definition) is 2. The van der Waals surface area contributed by atoms with E-state index in [0.717, 1.165) is 51.6 Å². The third-order valence-corrected chi connectivity index (χ3v) is 7.43. The van der Waals surface area contributed by atoms with Crippen molar-refractivity contribution in [2.45, 2.75) is 59.1 Å². The molecule has 0 spiro atoms. The Morgan fingerprint density at radius 3 is 2.40 bits per heavy atom. The number of alkyl halides is 3.